The van der Waals surface area contributed by atoms with Gasteiger partial charge in [-0.05, 0) is 48.9 Å². The number of benzene rings is 1. The van der Waals surface area contributed by atoms with Crippen LogP contribution in [0.15, 0.2) is 22.7 Å². The number of likely N-dealkylation sites (N-methyl/N-ethyl adjacent to an activating group) is 1. The van der Waals surface area contributed by atoms with Crippen molar-refractivity contribution in [3.63, 3.8) is 0 Å². The Labute approximate surface area is 156 Å². The molecule has 1 aromatic rings. The molecule has 5 aliphatic heterocycles. The van der Waals surface area contributed by atoms with E-state index in [0.717, 1.165) is 23.7 Å². The average Bonchev–Trinajstić information content (AvgIpc) is 2.96. The Morgan fingerprint density at radius 3 is 2.84 bits per heavy atom. The van der Waals surface area contributed by atoms with Crippen LogP contribution in [0.2, 0.25) is 0 Å². The standard InChI is InChI=1S/C20H25BrN2O2/c1-3-10-11-7-14-17-20(12-6-9(21)4-5-13(12)22(17)2)8-15(16(11)18(20)24)23(14)19(10)25/h4-6,10-11,14-19,24-25H,3,7-8H2,1-2H3/t10-,11-,14-,15-,16?,17-,18?,19+,20+/m0/s1. The van der Waals surface area contributed by atoms with Gasteiger partial charge in [-0.25, -0.2) is 0 Å². The monoisotopic (exact) mass is 404 g/mol. The molecule has 0 radical (unpaired) electrons. The molecule has 5 heteroatoms. The first kappa shape index (κ1) is 15.4. The average molecular weight is 405 g/mol. The van der Waals surface area contributed by atoms with Gasteiger partial charge in [0.15, 0.2) is 0 Å². The number of aliphatic hydroxyl groups excluding tert-OH is 2. The lowest BCUT2D eigenvalue weighted by atomic mass is 9.62. The molecular formula is C20H25BrN2O2. The van der Waals surface area contributed by atoms with Crippen LogP contribution in [0.3, 0.4) is 0 Å². The van der Waals surface area contributed by atoms with E-state index in [4.69, 9.17) is 0 Å². The molecule has 5 fully saturated rings. The Morgan fingerprint density at radius 2 is 2.08 bits per heavy atom. The predicted molar refractivity (Wildman–Crippen MR) is 99.4 cm³/mol. The van der Waals surface area contributed by atoms with Gasteiger partial charge >= 0.3 is 0 Å². The highest BCUT2D eigenvalue weighted by molar-refractivity contribution is 9.10. The Hall–Kier alpha value is -0.620. The largest absolute Gasteiger partial charge is 0.392 e. The van der Waals surface area contributed by atoms with E-state index in [0.29, 0.717) is 29.8 Å². The van der Waals surface area contributed by atoms with Gasteiger partial charge < -0.3 is 15.1 Å². The summed E-state index contributed by atoms with van der Waals surface area (Å²) >= 11 is 3.65. The topological polar surface area (TPSA) is 46.9 Å². The second-order valence-corrected chi connectivity index (χ2v) is 9.87. The van der Waals surface area contributed by atoms with E-state index < -0.39 is 0 Å². The minimum absolute atomic E-state index is 0.165. The molecule has 1 aliphatic carbocycles. The fourth-order valence-electron chi connectivity index (χ4n) is 7.89. The van der Waals surface area contributed by atoms with Crippen LogP contribution < -0.4 is 4.90 Å². The number of halogens is 1. The van der Waals surface area contributed by atoms with Crippen LogP contribution in [0.5, 0.6) is 0 Å². The van der Waals surface area contributed by atoms with Gasteiger partial charge in [0.25, 0.3) is 0 Å². The molecule has 4 nitrogen and oxygen atoms in total. The van der Waals surface area contributed by atoms with Crippen LogP contribution >= 0.6 is 15.9 Å². The van der Waals surface area contributed by atoms with Crippen LogP contribution in [0, 0.1) is 17.8 Å². The summed E-state index contributed by atoms with van der Waals surface area (Å²) in [4.78, 5) is 4.82. The number of hydrogen-bond donors (Lipinski definition) is 2. The minimum atomic E-state index is -0.331. The van der Waals surface area contributed by atoms with E-state index >= 15 is 0 Å². The van der Waals surface area contributed by atoms with Crippen molar-refractivity contribution in [2.24, 2.45) is 17.8 Å². The highest BCUT2D eigenvalue weighted by atomic mass is 79.9. The second-order valence-electron chi connectivity index (χ2n) is 8.95. The van der Waals surface area contributed by atoms with Crippen molar-refractivity contribution in [1.82, 2.24) is 4.90 Å². The van der Waals surface area contributed by atoms with Crippen molar-refractivity contribution < 1.29 is 10.2 Å². The van der Waals surface area contributed by atoms with Gasteiger partial charge in [0, 0.05) is 46.5 Å². The maximum absolute atomic E-state index is 11.7. The number of nitrogens with zero attached hydrogens (tertiary/aromatic N) is 2. The summed E-state index contributed by atoms with van der Waals surface area (Å²) in [6, 6.07) is 7.50. The van der Waals surface area contributed by atoms with Crippen molar-refractivity contribution in [1.29, 1.82) is 0 Å². The zero-order chi connectivity index (χ0) is 17.2. The summed E-state index contributed by atoms with van der Waals surface area (Å²) in [6.07, 6.45) is 2.47. The Bertz CT molecular complexity index is 772. The first-order valence-electron chi connectivity index (χ1n) is 9.67. The summed E-state index contributed by atoms with van der Waals surface area (Å²) in [5.74, 6) is 1.09. The zero-order valence-electron chi connectivity index (χ0n) is 14.6. The number of hydrogen-bond acceptors (Lipinski definition) is 4. The normalized spacial score (nSPS) is 54.1. The van der Waals surface area contributed by atoms with Gasteiger partial charge in [0.2, 0.25) is 0 Å². The Kier molecular flexibility index (Phi) is 2.85. The smallest absolute Gasteiger partial charge is 0.111 e. The fourth-order valence-corrected chi connectivity index (χ4v) is 8.26. The maximum Gasteiger partial charge on any atom is 0.111 e. The molecule has 0 amide bonds. The number of aliphatic hydroxyl groups is 2. The van der Waals surface area contributed by atoms with Crippen LogP contribution in [0.4, 0.5) is 5.69 Å². The molecule has 7 rings (SSSR count). The van der Waals surface area contributed by atoms with Crippen molar-refractivity contribution >= 4 is 21.6 Å². The molecule has 134 valence electrons. The van der Waals surface area contributed by atoms with E-state index in [1.54, 1.807) is 0 Å². The zero-order valence-corrected chi connectivity index (χ0v) is 16.2. The molecule has 10 atom stereocenters. The molecule has 25 heavy (non-hydrogen) atoms. The lowest BCUT2D eigenvalue weighted by molar-refractivity contribution is -0.211. The maximum atomic E-state index is 11.7. The summed E-state index contributed by atoms with van der Waals surface area (Å²) < 4.78 is 1.10. The molecule has 6 aliphatic rings. The van der Waals surface area contributed by atoms with Crippen molar-refractivity contribution in [3.8, 4) is 0 Å². The van der Waals surface area contributed by atoms with Gasteiger partial charge in [-0.1, -0.05) is 22.9 Å². The molecule has 4 saturated heterocycles. The molecule has 5 heterocycles. The predicted octanol–water partition coefficient (Wildman–Crippen LogP) is 2.32. The van der Waals surface area contributed by atoms with Crippen LogP contribution in [-0.2, 0) is 5.41 Å². The quantitative estimate of drug-likeness (QED) is 0.753. The van der Waals surface area contributed by atoms with Crippen molar-refractivity contribution in [2.75, 3.05) is 11.9 Å². The number of fused-ring (bicyclic) bond motifs is 2. The van der Waals surface area contributed by atoms with E-state index in [-0.39, 0.29) is 23.8 Å². The molecule has 3 unspecified atom stereocenters. The molecule has 5 bridgehead atoms. The van der Waals surface area contributed by atoms with Gasteiger partial charge in [-0.2, -0.15) is 0 Å². The van der Waals surface area contributed by atoms with E-state index in [2.05, 4.69) is 57.9 Å². The first-order valence-corrected chi connectivity index (χ1v) is 10.5. The third kappa shape index (κ3) is 1.47. The first-order chi connectivity index (χ1) is 12.0. The highest BCUT2D eigenvalue weighted by Crippen LogP contribution is 2.69. The summed E-state index contributed by atoms with van der Waals surface area (Å²) in [6.45, 7) is 2.19. The number of anilines is 1. The third-order valence-electron chi connectivity index (χ3n) is 8.52. The molecule has 2 N–H and O–H groups in total. The minimum Gasteiger partial charge on any atom is -0.392 e. The lowest BCUT2D eigenvalue weighted by Gasteiger charge is -2.62. The highest BCUT2D eigenvalue weighted by Gasteiger charge is 2.76. The summed E-state index contributed by atoms with van der Waals surface area (Å²) in [7, 11) is 2.18. The molecule has 1 aromatic carbocycles. The summed E-state index contributed by atoms with van der Waals surface area (Å²) in [5, 5.41) is 22.7. The van der Waals surface area contributed by atoms with Crippen LogP contribution in [0.1, 0.15) is 31.7 Å². The SMILES string of the molecule is CC[C@H]1[C@@H]2C[C@H]3[C@@H]4N(C)c5ccc(Br)cc5[C@]45C[C@@H](C2C5O)N3[C@@H]1O. The Morgan fingerprint density at radius 1 is 1.28 bits per heavy atom. The number of piperidine rings is 4. The van der Waals surface area contributed by atoms with Crippen LogP contribution in [0.25, 0.3) is 0 Å². The third-order valence-corrected chi connectivity index (χ3v) is 9.01. The van der Waals surface area contributed by atoms with E-state index in [9.17, 15) is 10.2 Å². The van der Waals surface area contributed by atoms with Gasteiger partial charge in [-0.15, -0.1) is 0 Å². The van der Waals surface area contributed by atoms with Crippen molar-refractivity contribution in [2.45, 2.75) is 62.1 Å². The van der Waals surface area contributed by atoms with Gasteiger partial charge in [0.1, 0.15) is 6.23 Å². The lowest BCUT2D eigenvalue weighted by Crippen LogP contribution is -2.72. The van der Waals surface area contributed by atoms with E-state index in [1.165, 1.54) is 11.3 Å². The molecule has 1 spiro atoms. The van der Waals surface area contributed by atoms with Crippen molar-refractivity contribution in [3.05, 3.63) is 28.2 Å². The molecular weight excluding hydrogens is 380 g/mol. The summed E-state index contributed by atoms with van der Waals surface area (Å²) in [5.41, 5.74) is 2.42. The molecule has 1 saturated carbocycles. The van der Waals surface area contributed by atoms with Gasteiger partial charge in [-0.3, -0.25) is 4.90 Å². The van der Waals surface area contributed by atoms with E-state index in [1.807, 2.05) is 0 Å². The Balaban J connectivity index is 1.59. The van der Waals surface area contributed by atoms with Crippen LogP contribution in [-0.4, -0.2) is 52.6 Å². The fraction of sp³-hybridized carbons (Fsp3) is 0.700. The van der Waals surface area contributed by atoms with Gasteiger partial charge in [0.05, 0.1) is 12.1 Å². The second kappa shape index (κ2) is 4.61. The number of rotatable bonds is 1. The molecule has 0 aromatic heterocycles.